The van der Waals surface area contributed by atoms with Crippen molar-refractivity contribution in [3.8, 4) is 5.88 Å². The average Bonchev–Trinajstić information content (AvgIpc) is 2.88. The summed E-state index contributed by atoms with van der Waals surface area (Å²) >= 11 is 0. The van der Waals surface area contributed by atoms with Gasteiger partial charge in [-0.1, -0.05) is 0 Å². The number of fused-ring (bicyclic) bond motifs is 1. The van der Waals surface area contributed by atoms with Gasteiger partial charge in [-0.05, 0) is 12.8 Å². The molecular formula is C13H16F3N5O. The highest BCUT2D eigenvalue weighted by Gasteiger charge is 2.26. The minimum Gasteiger partial charge on any atom is -0.480 e. The molecule has 2 aromatic rings. The summed E-state index contributed by atoms with van der Waals surface area (Å²) in [5.74, 6) is 0.551. The molecule has 0 unspecified atom stereocenters. The van der Waals surface area contributed by atoms with Gasteiger partial charge in [-0.3, -0.25) is 9.39 Å². The molecule has 0 spiro atoms. The van der Waals surface area contributed by atoms with Gasteiger partial charge in [0.15, 0.2) is 5.65 Å². The Morgan fingerprint density at radius 1 is 1.36 bits per heavy atom. The van der Waals surface area contributed by atoms with Crippen LogP contribution in [0.5, 0.6) is 5.88 Å². The first kappa shape index (κ1) is 16.1. The molecule has 0 radical (unpaired) electrons. The molecule has 0 fully saturated rings. The van der Waals surface area contributed by atoms with E-state index in [0.717, 1.165) is 0 Å². The summed E-state index contributed by atoms with van der Waals surface area (Å²) in [6.45, 7) is 0. The van der Waals surface area contributed by atoms with Crippen molar-refractivity contribution in [3.63, 3.8) is 0 Å². The number of aliphatic imine (C=N–C) groups is 1. The topological polar surface area (TPSA) is 77.8 Å². The maximum atomic E-state index is 12.3. The van der Waals surface area contributed by atoms with Crippen molar-refractivity contribution < 1.29 is 17.9 Å². The van der Waals surface area contributed by atoms with Crippen LogP contribution in [0.15, 0.2) is 17.4 Å². The number of methoxy groups -OCH3 is 1. The molecule has 0 bridgehead atoms. The van der Waals surface area contributed by atoms with Gasteiger partial charge in [-0.25, -0.2) is 4.98 Å². The van der Waals surface area contributed by atoms with E-state index in [1.807, 2.05) is 0 Å². The predicted molar refractivity (Wildman–Crippen MR) is 75.2 cm³/mol. The molecule has 2 rings (SSSR count). The van der Waals surface area contributed by atoms with Crippen LogP contribution in [0.1, 0.15) is 24.2 Å². The largest absolute Gasteiger partial charge is 0.480 e. The third-order valence-electron chi connectivity index (χ3n) is 3.07. The predicted octanol–water partition coefficient (Wildman–Crippen LogP) is 1.96. The van der Waals surface area contributed by atoms with Crippen molar-refractivity contribution >= 4 is 11.5 Å². The van der Waals surface area contributed by atoms with Crippen LogP contribution in [0.2, 0.25) is 0 Å². The van der Waals surface area contributed by atoms with Crippen molar-refractivity contribution in [2.45, 2.75) is 25.4 Å². The van der Waals surface area contributed by atoms with Crippen molar-refractivity contribution in [2.75, 3.05) is 14.2 Å². The van der Waals surface area contributed by atoms with E-state index in [1.165, 1.54) is 14.2 Å². The number of rotatable bonds is 5. The number of aromatic nitrogens is 3. The highest BCUT2D eigenvalue weighted by molar-refractivity contribution is 5.95. The summed E-state index contributed by atoms with van der Waals surface area (Å²) < 4.78 is 43.5. The average molecular weight is 315 g/mol. The minimum absolute atomic E-state index is 0.0754. The Balaban J connectivity index is 2.38. The first-order valence-electron chi connectivity index (χ1n) is 6.56. The van der Waals surface area contributed by atoms with Gasteiger partial charge in [-0.2, -0.15) is 18.2 Å². The highest BCUT2D eigenvalue weighted by atomic mass is 19.4. The zero-order valence-corrected chi connectivity index (χ0v) is 12.2. The van der Waals surface area contributed by atoms with E-state index < -0.39 is 12.6 Å². The zero-order valence-electron chi connectivity index (χ0n) is 12.2. The number of imidazole rings is 1. The van der Waals surface area contributed by atoms with Gasteiger partial charge in [-0.15, -0.1) is 0 Å². The lowest BCUT2D eigenvalue weighted by molar-refractivity contribution is -0.135. The van der Waals surface area contributed by atoms with Crippen molar-refractivity contribution in [3.05, 3.63) is 23.8 Å². The Bertz CT molecular complexity index is 693. The number of halogens is 3. The number of alkyl halides is 3. The summed E-state index contributed by atoms with van der Waals surface area (Å²) in [4.78, 5) is 12.3. The number of nitrogens with zero attached hydrogens (tertiary/aromatic N) is 4. The lowest BCUT2D eigenvalue weighted by Gasteiger charge is -2.08. The molecule has 0 aliphatic carbocycles. The quantitative estimate of drug-likeness (QED) is 0.676. The molecule has 9 heteroatoms. The molecule has 120 valence electrons. The third kappa shape index (κ3) is 3.66. The number of aryl methyl sites for hydroxylation is 1. The maximum absolute atomic E-state index is 12.3. The molecule has 2 aromatic heterocycles. The first-order valence-corrected chi connectivity index (χ1v) is 6.56. The van der Waals surface area contributed by atoms with Gasteiger partial charge in [0.25, 0.3) is 0 Å². The molecule has 0 saturated carbocycles. The second-order valence-electron chi connectivity index (χ2n) is 4.66. The van der Waals surface area contributed by atoms with Crippen LogP contribution in [0.4, 0.5) is 13.2 Å². The first-order chi connectivity index (χ1) is 10.3. The van der Waals surface area contributed by atoms with E-state index in [0.29, 0.717) is 22.9 Å². The van der Waals surface area contributed by atoms with Gasteiger partial charge in [0.05, 0.1) is 19.0 Å². The Kier molecular flexibility index (Phi) is 4.53. The molecule has 2 heterocycles. The van der Waals surface area contributed by atoms with Crippen LogP contribution in [0, 0.1) is 0 Å². The highest BCUT2D eigenvalue weighted by Crippen LogP contribution is 2.23. The molecule has 0 aliphatic rings. The molecule has 2 N–H and O–H groups in total. The van der Waals surface area contributed by atoms with Crippen LogP contribution in [0.3, 0.4) is 0 Å². The number of hydrogen-bond acceptors (Lipinski definition) is 4. The van der Waals surface area contributed by atoms with Crippen LogP contribution in [0.25, 0.3) is 5.65 Å². The minimum atomic E-state index is -4.19. The van der Waals surface area contributed by atoms with Crippen LogP contribution in [-0.2, 0) is 6.42 Å². The van der Waals surface area contributed by atoms with Gasteiger partial charge >= 0.3 is 6.18 Å². The smallest absolute Gasteiger partial charge is 0.389 e. The molecule has 6 nitrogen and oxygen atoms in total. The Morgan fingerprint density at radius 3 is 2.68 bits per heavy atom. The number of nitrogens with two attached hydrogens (primary N) is 1. The lowest BCUT2D eigenvalue weighted by Crippen LogP contribution is -2.17. The summed E-state index contributed by atoms with van der Waals surface area (Å²) in [7, 11) is 2.97. The van der Waals surface area contributed by atoms with Crippen LogP contribution >= 0.6 is 0 Å². The number of ether oxygens (including phenoxy) is 1. The second kappa shape index (κ2) is 6.20. The molecule has 0 aliphatic heterocycles. The fourth-order valence-electron chi connectivity index (χ4n) is 2.00. The maximum Gasteiger partial charge on any atom is 0.389 e. The van der Waals surface area contributed by atoms with Gasteiger partial charge in [0, 0.05) is 19.7 Å². The van der Waals surface area contributed by atoms with E-state index in [1.54, 1.807) is 16.8 Å². The fourth-order valence-corrected chi connectivity index (χ4v) is 2.00. The lowest BCUT2D eigenvalue weighted by atomic mass is 10.2. The second-order valence-corrected chi connectivity index (χ2v) is 4.66. The van der Waals surface area contributed by atoms with Gasteiger partial charge < -0.3 is 10.5 Å². The normalized spacial score (nSPS) is 12.9. The van der Waals surface area contributed by atoms with Crippen molar-refractivity contribution in [2.24, 2.45) is 10.7 Å². The molecule has 22 heavy (non-hydrogen) atoms. The van der Waals surface area contributed by atoms with Gasteiger partial charge in [0.2, 0.25) is 5.88 Å². The standard InChI is InChI=1S/C13H16F3N5O/c1-18-11(17)9-6-21-7-10(22-2)20-12(21)8(19-9)4-3-5-13(14,15)16/h6-7H,3-5H2,1-2H3,(H2,17,18). The summed E-state index contributed by atoms with van der Waals surface area (Å²) in [6, 6.07) is 0. The summed E-state index contributed by atoms with van der Waals surface area (Å²) in [5, 5.41) is 0. The van der Waals surface area contributed by atoms with Crippen LogP contribution in [-0.4, -0.2) is 40.5 Å². The third-order valence-corrected chi connectivity index (χ3v) is 3.07. The van der Waals surface area contributed by atoms with E-state index in [4.69, 9.17) is 10.5 Å². The number of hydrogen-bond donors (Lipinski definition) is 1. The van der Waals surface area contributed by atoms with Gasteiger partial charge in [0.1, 0.15) is 11.5 Å². The van der Waals surface area contributed by atoms with Crippen molar-refractivity contribution in [1.82, 2.24) is 14.4 Å². The summed E-state index contributed by atoms with van der Waals surface area (Å²) in [6.07, 6.45) is -1.79. The molecular weight excluding hydrogens is 299 g/mol. The molecule has 0 amide bonds. The van der Waals surface area contributed by atoms with Crippen LogP contribution < -0.4 is 10.5 Å². The Labute approximate surface area is 124 Å². The van der Waals surface area contributed by atoms with E-state index >= 15 is 0 Å². The molecule has 0 aromatic carbocycles. The monoisotopic (exact) mass is 315 g/mol. The van der Waals surface area contributed by atoms with E-state index in [-0.39, 0.29) is 18.7 Å². The SMILES string of the molecule is CN=C(N)c1cn2cc(OC)nc2c(CCCC(F)(F)F)n1. The summed E-state index contributed by atoms with van der Waals surface area (Å²) in [5.41, 5.74) is 7.00. The zero-order chi connectivity index (χ0) is 16.3. The Morgan fingerprint density at radius 2 is 2.09 bits per heavy atom. The van der Waals surface area contributed by atoms with E-state index in [2.05, 4.69) is 15.0 Å². The molecule has 0 saturated heterocycles. The molecule has 0 atom stereocenters. The van der Waals surface area contributed by atoms with E-state index in [9.17, 15) is 13.2 Å². The Hall–Kier alpha value is -2.32. The van der Waals surface area contributed by atoms with Crippen molar-refractivity contribution in [1.29, 1.82) is 0 Å². The number of amidine groups is 1. The fraction of sp³-hybridized carbons (Fsp3) is 0.462.